The molecular weight excluding hydrogens is 433 g/mol. The van der Waals surface area contributed by atoms with Gasteiger partial charge in [0.1, 0.15) is 5.75 Å². The second-order valence-corrected chi connectivity index (χ2v) is 7.86. The van der Waals surface area contributed by atoms with Gasteiger partial charge in [-0.15, -0.1) is 10.2 Å². The number of carbonyl (C=O) groups is 1. The molecule has 0 saturated heterocycles. The number of nitrogens with zero attached hydrogens (tertiary/aromatic N) is 2. The third-order valence-electron chi connectivity index (χ3n) is 3.97. The van der Waals surface area contributed by atoms with Gasteiger partial charge in [0.25, 0.3) is 11.1 Å². The van der Waals surface area contributed by atoms with Crippen LogP contribution in [0.5, 0.6) is 5.75 Å². The first-order valence-electron chi connectivity index (χ1n) is 8.92. The first-order chi connectivity index (χ1) is 14.0. The van der Waals surface area contributed by atoms with Gasteiger partial charge < -0.3 is 14.5 Å². The highest BCUT2D eigenvalue weighted by Crippen LogP contribution is 2.31. The number of amides is 1. The number of rotatable bonds is 8. The fourth-order valence-electron chi connectivity index (χ4n) is 2.52. The van der Waals surface area contributed by atoms with Crippen molar-refractivity contribution in [2.75, 3.05) is 11.1 Å². The monoisotopic (exact) mass is 451 g/mol. The molecule has 0 aliphatic heterocycles. The Labute approximate surface area is 182 Å². The first-order valence-corrected chi connectivity index (χ1v) is 10.7. The van der Waals surface area contributed by atoms with Crippen LogP contribution in [-0.4, -0.2) is 21.9 Å². The van der Waals surface area contributed by atoms with Crippen molar-refractivity contribution in [3.05, 3.63) is 64.0 Å². The van der Waals surface area contributed by atoms with E-state index in [1.165, 1.54) is 0 Å². The minimum absolute atomic E-state index is 0.145. The van der Waals surface area contributed by atoms with Crippen LogP contribution in [0.1, 0.15) is 31.4 Å². The smallest absolute Gasteiger partial charge is 0.277 e. The quantitative estimate of drug-likeness (QED) is 0.435. The van der Waals surface area contributed by atoms with E-state index in [1.54, 1.807) is 25.1 Å². The van der Waals surface area contributed by atoms with E-state index in [1.807, 2.05) is 31.2 Å². The van der Waals surface area contributed by atoms with Crippen molar-refractivity contribution in [2.24, 2.45) is 0 Å². The van der Waals surface area contributed by atoms with Gasteiger partial charge in [-0.2, -0.15) is 0 Å². The molecule has 6 nitrogen and oxygen atoms in total. The third-order valence-corrected chi connectivity index (χ3v) is 5.32. The van der Waals surface area contributed by atoms with Crippen molar-refractivity contribution in [1.82, 2.24) is 10.2 Å². The molecule has 1 atom stereocenters. The SMILES string of the molecule is CCc1ccccc1NC(=O)CSc1nnc([C@H](C)Oc2ccc(Cl)cc2Cl)o1. The predicted octanol–water partition coefficient (Wildman–Crippen LogP) is 5.81. The van der Waals surface area contributed by atoms with Crippen LogP contribution in [0.3, 0.4) is 0 Å². The summed E-state index contributed by atoms with van der Waals surface area (Å²) < 4.78 is 11.3. The molecule has 0 radical (unpaired) electrons. The number of aromatic nitrogens is 2. The molecule has 0 spiro atoms. The van der Waals surface area contributed by atoms with Gasteiger partial charge in [-0.1, -0.05) is 60.1 Å². The molecule has 1 N–H and O–H groups in total. The Morgan fingerprint density at radius 2 is 2.03 bits per heavy atom. The van der Waals surface area contributed by atoms with E-state index >= 15 is 0 Å². The Bertz CT molecular complexity index is 997. The van der Waals surface area contributed by atoms with Gasteiger partial charge in [0.2, 0.25) is 5.91 Å². The zero-order valence-corrected chi connectivity index (χ0v) is 18.1. The first kappa shape index (κ1) is 21.5. The molecule has 1 amide bonds. The van der Waals surface area contributed by atoms with Crippen LogP contribution in [0.15, 0.2) is 52.1 Å². The Morgan fingerprint density at radius 1 is 1.24 bits per heavy atom. The van der Waals surface area contributed by atoms with Crippen molar-refractivity contribution >= 4 is 46.6 Å². The van der Waals surface area contributed by atoms with Crippen LogP contribution in [0, 0.1) is 0 Å². The summed E-state index contributed by atoms with van der Waals surface area (Å²) in [6.45, 7) is 3.81. The minimum Gasteiger partial charge on any atom is -0.479 e. The van der Waals surface area contributed by atoms with E-state index in [2.05, 4.69) is 15.5 Å². The largest absolute Gasteiger partial charge is 0.479 e. The predicted molar refractivity (Wildman–Crippen MR) is 115 cm³/mol. The van der Waals surface area contributed by atoms with Crippen LogP contribution in [0.25, 0.3) is 0 Å². The number of aryl methyl sites for hydroxylation is 1. The van der Waals surface area contributed by atoms with E-state index in [-0.39, 0.29) is 22.8 Å². The van der Waals surface area contributed by atoms with Gasteiger partial charge in [-0.05, 0) is 43.2 Å². The summed E-state index contributed by atoms with van der Waals surface area (Å²) in [5, 5.41) is 12.1. The Balaban J connectivity index is 1.55. The highest BCUT2D eigenvalue weighted by Gasteiger charge is 2.18. The lowest BCUT2D eigenvalue weighted by molar-refractivity contribution is -0.113. The summed E-state index contributed by atoms with van der Waals surface area (Å²) in [7, 11) is 0. The highest BCUT2D eigenvalue weighted by atomic mass is 35.5. The number of ether oxygens (including phenoxy) is 1. The zero-order chi connectivity index (χ0) is 20.8. The fourth-order valence-corrected chi connectivity index (χ4v) is 3.54. The summed E-state index contributed by atoms with van der Waals surface area (Å²) in [6.07, 6.45) is 0.326. The number of halogens is 2. The second kappa shape index (κ2) is 10.0. The van der Waals surface area contributed by atoms with E-state index in [0.29, 0.717) is 15.8 Å². The molecule has 1 heterocycles. The van der Waals surface area contributed by atoms with Crippen LogP contribution >= 0.6 is 35.0 Å². The summed E-state index contributed by atoms with van der Waals surface area (Å²) in [6, 6.07) is 12.7. The Morgan fingerprint density at radius 3 is 2.79 bits per heavy atom. The molecule has 3 rings (SSSR count). The third kappa shape index (κ3) is 5.88. The van der Waals surface area contributed by atoms with E-state index in [4.69, 9.17) is 32.4 Å². The van der Waals surface area contributed by atoms with Crippen LogP contribution in [-0.2, 0) is 11.2 Å². The van der Waals surface area contributed by atoms with Crippen molar-refractivity contribution in [2.45, 2.75) is 31.6 Å². The lowest BCUT2D eigenvalue weighted by Gasteiger charge is -2.12. The molecule has 152 valence electrons. The maximum absolute atomic E-state index is 12.2. The average molecular weight is 452 g/mol. The Hall–Kier alpha value is -2.22. The molecule has 1 aromatic heterocycles. The van der Waals surface area contributed by atoms with Crippen molar-refractivity contribution in [3.8, 4) is 5.75 Å². The van der Waals surface area contributed by atoms with Crippen molar-refractivity contribution < 1.29 is 13.9 Å². The molecule has 9 heteroatoms. The summed E-state index contributed by atoms with van der Waals surface area (Å²) in [5.74, 6) is 0.755. The number of thioether (sulfide) groups is 1. The summed E-state index contributed by atoms with van der Waals surface area (Å²) in [5.41, 5.74) is 1.89. The van der Waals surface area contributed by atoms with Crippen molar-refractivity contribution in [1.29, 1.82) is 0 Å². The molecule has 0 aliphatic carbocycles. The van der Waals surface area contributed by atoms with E-state index in [9.17, 15) is 4.79 Å². The highest BCUT2D eigenvalue weighted by molar-refractivity contribution is 7.99. The van der Waals surface area contributed by atoms with Gasteiger partial charge in [0, 0.05) is 10.7 Å². The maximum Gasteiger partial charge on any atom is 0.277 e. The Kier molecular flexibility index (Phi) is 7.41. The standard InChI is InChI=1S/C20H19Cl2N3O3S/c1-3-13-6-4-5-7-16(13)23-18(26)11-29-20-25-24-19(28-20)12(2)27-17-9-8-14(21)10-15(17)22/h4-10,12H,3,11H2,1-2H3,(H,23,26)/t12-/m0/s1. The van der Waals surface area contributed by atoms with Gasteiger partial charge in [-0.3, -0.25) is 4.79 Å². The lowest BCUT2D eigenvalue weighted by atomic mass is 10.1. The maximum atomic E-state index is 12.2. The van der Waals surface area contributed by atoms with E-state index in [0.717, 1.165) is 29.4 Å². The van der Waals surface area contributed by atoms with Gasteiger partial charge in [0.15, 0.2) is 6.10 Å². The second-order valence-electron chi connectivity index (χ2n) is 6.09. The summed E-state index contributed by atoms with van der Waals surface area (Å²) in [4.78, 5) is 12.2. The minimum atomic E-state index is -0.513. The number of hydrogen-bond acceptors (Lipinski definition) is 6. The number of anilines is 1. The van der Waals surface area contributed by atoms with Crippen molar-refractivity contribution in [3.63, 3.8) is 0 Å². The van der Waals surface area contributed by atoms with E-state index < -0.39 is 6.10 Å². The zero-order valence-electron chi connectivity index (χ0n) is 15.8. The number of benzene rings is 2. The topological polar surface area (TPSA) is 77.2 Å². The normalized spacial score (nSPS) is 11.9. The lowest BCUT2D eigenvalue weighted by Crippen LogP contribution is -2.15. The summed E-state index contributed by atoms with van der Waals surface area (Å²) >= 11 is 13.2. The molecule has 3 aromatic rings. The van der Waals surface area contributed by atoms with Crippen LogP contribution in [0.4, 0.5) is 5.69 Å². The molecule has 29 heavy (non-hydrogen) atoms. The van der Waals surface area contributed by atoms with Crippen LogP contribution in [0.2, 0.25) is 10.0 Å². The number of para-hydroxylation sites is 1. The average Bonchev–Trinajstić information content (AvgIpc) is 3.18. The van der Waals surface area contributed by atoms with Gasteiger partial charge >= 0.3 is 0 Å². The molecule has 0 fully saturated rings. The molecule has 0 aliphatic rings. The molecule has 0 bridgehead atoms. The molecular formula is C20H19Cl2N3O3S. The number of hydrogen-bond donors (Lipinski definition) is 1. The number of carbonyl (C=O) groups excluding carboxylic acids is 1. The molecule has 0 unspecified atom stereocenters. The molecule has 0 saturated carbocycles. The number of nitrogens with one attached hydrogen (secondary N) is 1. The molecule has 2 aromatic carbocycles. The van der Waals surface area contributed by atoms with Crippen LogP contribution < -0.4 is 10.1 Å². The van der Waals surface area contributed by atoms with Gasteiger partial charge in [0.05, 0.1) is 10.8 Å². The van der Waals surface area contributed by atoms with Gasteiger partial charge in [-0.25, -0.2) is 0 Å². The fraction of sp³-hybridized carbons (Fsp3) is 0.250.